The third-order valence-electron chi connectivity index (χ3n) is 3.10. The van der Waals surface area contributed by atoms with Crippen LogP contribution in [-0.4, -0.2) is 23.3 Å². The summed E-state index contributed by atoms with van der Waals surface area (Å²) >= 11 is 18.0. The highest BCUT2D eigenvalue weighted by molar-refractivity contribution is 9.10. The van der Waals surface area contributed by atoms with Crippen LogP contribution in [0, 0.1) is 0 Å². The van der Waals surface area contributed by atoms with Crippen molar-refractivity contribution < 1.29 is 0 Å². The van der Waals surface area contributed by atoms with E-state index in [1.54, 1.807) is 0 Å². The molecule has 0 radical (unpaired) electrons. The Morgan fingerprint density at radius 2 is 1.89 bits per heavy atom. The van der Waals surface area contributed by atoms with Crippen LogP contribution in [0.3, 0.4) is 0 Å². The summed E-state index contributed by atoms with van der Waals surface area (Å²) in [5.74, 6) is 3.48. The molecule has 0 unspecified atom stereocenters. The average Bonchev–Trinajstić information content (AvgIpc) is 2.41. The standard InChI is InChI=1S/C14H19BrCl2S/c1-2-18-9-5-8-14(10-16,11-17)12-6-3-4-7-13(12)15/h3-4,6-7H,2,5,8-11H2,1H3. The van der Waals surface area contributed by atoms with Gasteiger partial charge in [0.05, 0.1) is 0 Å². The molecule has 0 atom stereocenters. The van der Waals surface area contributed by atoms with Crippen molar-refractivity contribution in [3.63, 3.8) is 0 Å². The zero-order chi connectivity index (χ0) is 13.4. The smallest absolute Gasteiger partial charge is 0.0332 e. The van der Waals surface area contributed by atoms with E-state index in [9.17, 15) is 0 Å². The molecular formula is C14H19BrCl2S. The Morgan fingerprint density at radius 3 is 2.44 bits per heavy atom. The molecule has 0 aliphatic carbocycles. The topological polar surface area (TPSA) is 0 Å². The summed E-state index contributed by atoms with van der Waals surface area (Å²) in [6, 6.07) is 8.26. The summed E-state index contributed by atoms with van der Waals surface area (Å²) in [5.41, 5.74) is 1.12. The number of halogens is 3. The first-order chi connectivity index (χ1) is 8.70. The van der Waals surface area contributed by atoms with Crippen molar-refractivity contribution in [2.75, 3.05) is 23.3 Å². The Bertz CT molecular complexity index is 353. The quantitative estimate of drug-likeness (QED) is 0.418. The second-order valence-corrected chi connectivity index (χ2v) is 7.11. The van der Waals surface area contributed by atoms with Crippen LogP contribution < -0.4 is 0 Å². The predicted molar refractivity (Wildman–Crippen MR) is 89.5 cm³/mol. The molecule has 0 amide bonds. The summed E-state index contributed by atoms with van der Waals surface area (Å²) in [4.78, 5) is 0. The zero-order valence-electron chi connectivity index (χ0n) is 10.6. The zero-order valence-corrected chi connectivity index (χ0v) is 14.5. The van der Waals surface area contributed by atoms with Crippen LogP contribution in [-0.2, 0) is 5.41 Å². The van der Waals surface area contributed by atoms with E-state index in [1.807, 2.05) is 17.8 Å². The largest absolute Gasteiger partial charge is 0.162 e. The van der Waals surface area contributed by atoms with Crippen LogP contribution in [0.25, 0.3) is 0 Å². The molecule has 0 heterocycles. The summed E-state index contributed by atoms with van der Waals surface area (Å²) in [6.07, 6.45) is 2.19. The Kier molecular flexibility index (Phi) is 8.09. The maximum Gasteiger partial charge on any atom is 0.0332 e. The van der Waals surface area contributed by atoms with Gasteiger partial charge >= 0.3 is 0 Å². The molecule has 0 fully saturated rings. The first kappa shape index (κ1) is 16.7. The van der Waals surface area contributed by atoms with Crippen LogP contribution in [0.5, 0.6) is 0 Å². The fourth-order valence-corrected chi connectivity index (χ4v) is 4.18. The molecule has 1 aromatic rings. The monoisotopic (exact) mass is 368 g/mol. The lowest BCUT2D eigenvalue weighted by molar-refractivity contribution is 0.485. The fourth-order valence-electron chi connectivity index (χ4n) is 2.00. The molecule has 4 heteroatoms. The first-order valence-corrected chi connectivity index (χ1v) is 9.16. The van der Waals surface area contributed by atoms with Crippen molar-refractivity contribution in [3.8, 4) is 0 Å². The van der Waals surface area contributed by atoms with Gasteiger partial charge in [-0.1, -0.05) is 41.1 Å². The highest BCUT2D eigenvalue weighted by Crippen LogP contribution is 2.37. The Labute approximate surface area is 133 Å². The molecule has 0 bridgehead atoms. The average molecular weight is 370 g/mol. The van der Waals surface area contributed by atoms with E-state index in [4.69, 9.17) is 23.2 Å². The molecule has 0 aliphatic heterocycles. The molecule has 0 spiro atoms. The van der Waals surface area contributed by atoms with Gasteiger partial charge in [0, 0.05) is 21.6 Å². The second kappa shape index (κ2) is 8.73. The molecule has 0 aromatic heterocycles. The van der Waals surface area contributed by atoms with E-state index in [-0.39, 0.29) is 5.41 Å². The van der Waals surface area contributed by atoms with Crippen LogP contribution in [0.1, 0.15) is 25.3 Å². The third-order valence-corrected chi connectivity index (χ3v) is 5.81. The van der Waals surface area contributed by atoms with Gasteiger partial charge in [-0.15, -0.1) is 23.2 Å². The van der Waals surface area contributed by atoms with E-state index in [0.29, 0.717) is 11.8 Å². The molecule has 0 aliphatic rings. The lowest BCUT2D eigenvalue weighted by Crippen LogP contribution is -2.31. The van der Waals surface area contributed by atoms with Gasteiger partial charge in [0.15, 0.2) is 0 Å². The van der Waals surface area contributed by atoms with E-state index in [0.717, 1.165) is 17.3 Å². The number of hydrogen-bond acceptors (Lipinski definition) is 1. The molecule has 1 aromatic carbocycles. The minimum atomic E-state index is -0.114. The van der Waals surface area contributed by atoms with Crippen LogP contribution in [0.4, 0.5) is 0 Å². The maximum absolute atomic E-state index is 6.23. The van der Waals surface area contributed by atoms with Gasteiger partial charge in [-0.3, -0.25) is 0 Å². The van der Waals surface area contributed by atoms with Crippen molar-refractivity contribution in [2.24, 2.45) is 0 Å². The normalized spacial score (nSPS) is 11.8. The Balaban J connectivity index is 2.83. The number of benzene rings is 1. The lowest BCUT2D eigenvalue weighted by atomic mass is 9.80. The third kappa shape index (κ3) is 4.33. The molecule has 0 nitrogen and oxygen atoms in total. The number of alkyl halides is 2. The SMILES string of the molecule is CCSCCCC(CCl)(CCl)c1ccccc1Br. The minimum Gasteiger partial charge on any atom is -0.162 e. The van der Waals surface area contributed by atoms with Crippen molar-refractivity contribution in [2.45, 2.75) is 25.2 Å². The van der Waals surface area contributed by atoms with Gasteiger partial charge in [-0.05, 0) is 36.0 Å². The van der Waals surface area contributed by atoms with E-state index >= 15 is 0 Å². The number of thioether (sulfide) groups is 1. The summed E-state index contributed by atoms with van der Waals surface area (Å²) in [6.45, 7) is 2.19. The van der Waals surface area contributed by atoms with Crippen LogP contribution >= 0.6 is 50.9 Å². The predicted octanol–water partition coefficient (Wildman–Crippen LogP) is 5.70. The molecule has 102 valence electrons. The minimum absolute atomic E-state index is 0.114. The molecule has 0 saturated carbocycles. The fraction of sp³-hybridized carbons (Fsp3) is 0.571. The molecule has 18 heavy (non-hydrogen) atoms. The number of rotatable bonds is 8. The summed E-state index contributed by atoms with van der Waals surface area (Å²) < 4.78 is 1.11. The summed E-state index contributed by atoms with van der Waals surface area (Å²) in [5, 5.41) is 0. The van der Waals surface area contributed by atoms with Crippen molar-refractivity contribution in [1.82, 2.24) is 0 Å². The first-order valence-electron chi connectivity index (χ1n) is 6.15. The second-order valence-electron chi connectivity index (χ2n) is 4.33. The highest BCUT2D eigenvalue weighted by Gasteiger charge is 2.31. The van der Waals surface area contributed by atoms with Crippen molar-refractivity contribution >= 4 is 50.9 Å². The van der Waals surface area contributed by atoms with Gasteiger partial charge in [0.25, 0.3) is 0 Å². The van der Waals surface area contributed by atoms with Crippen molar-refractivity contribution in [1.29, 1.82) is 0 Å². The van der Waals surface area contributed by atoms with E-state index in [2.05, 4.69) is 41.1 Å². The van der Waals surface area contributed by atoms with Crippen LogP contribution in [0.15, 0.2) is 28.7 Å². The van der Waals surface area contributed by atoms with Gasteiger partial charge < -0.3 is 0 Å². The Morgan fingerprint density at radius 1 is 1.22 bits per heavy atom. The molecule has 1 rings (SSSR count). The van der Waals surface area contributed by atoms with Crippen LogP contribution in [0.2, 0.25) is 0 Å². The molecular weight excluding hydrogens is 351 g/mol. The maximum atomic E-state index is 6.23. The molecule has 0 N–H and O–H groups in total. The number of hydrogen-bond donors (Lipinski definition) is 0. The highest BCUT2D eigenvalue weighted by atomic mass is 79.9. The lowest BCUT2D eigenvalue weighted by Gasteiger charge is -2.31. The Hall–Kier alpha value is 0.630. The van der Waals surface area contributed by atoms with Gasteiger partial charge in [-0.25, -0.2) is 0 Å². The van der Waals surface area contributed by atoms with Crippen molar-refractivity contribution in [3.05, 3.63) is 34.3 Å². The summed E-state index contributed by atoms with van der Waals surface area (Å²) in [7, 11) is 0. The van der Waals surface area contributed by atoms with Gasteiger partial charge in [-0.2, -0.15) is 11.8 Å². The van der Waals surface area contributed by atoms with Gasteiger partial charge in [0.1, 0.15) is 0 Å². The van der Waals surface area contributed by atoms with E-state index < -0.39 is 0 Å². The molecule has 0 saturated heterocycles. The van der Waals surface area contributed by atoms with E-state index in [1.165, 1.54) is 17.1 Å². The van der Waals surface area contributed by atoms with Gasteiger partial charge in [0.2, 0.25) is 0 Å².